The molecule has 0 aliphatic heterocycles. The van der Waals surface area contributed by atoms with E-state index in [1.54, 1.807) is 7.11 Å². The zero-order valence-corrected chi connectivity index (χ0v) is 12.3. The summed E-state index contributed by atoms with van der Waals surface area (Å²) in [6.45, 7) is 0.702. The molecule has 2 nitrogen and oxygen atoms in total. The highest BCUT2D eigenvalue weighted by Gasteiger charge is 2.03. The van der Waals surface area contributed by atoms with Gasteiger partial charge in [-0.1, -0.05) is 39.7 Å². The van der Waals surface area contributed by atoms with E-state index in [0.29, 0.717) is 6.54 Å². The molecule has 4 heteroatoms. The Balaban J connectivity index is 2.12. The standard InChI is InChI=1S/C14H13BrClNO/c1-18-14-6-5-11(15)8-13(14)17-9-10-3-2-4-12(16)7-10/h2-8,17H,9H2,1H3. The van der Waals surface area contributed by atoms with Gasteiger partial charge in [-0.15, -0.1) is 0 Å². The highest BCUT2D eigenvalue weighted by atomic mass is 79.9. The predicted molar refractivity (Wildman–Crippen MR) is 79.5 cm³/mol. The van der Waals surface area contributed by atoms with Crippen LogP contribution >= 0.6 is 27.5 Å². The molecule has 0 atom stereocenters. The summed E-state index contributed by atoms with van der Waals surface area (Å²) in [4.78, 5) is 0. The van der Waals surface area contributed by atoms with Gasteiger partial charge >= 0.3 is 0 Å². The van der Waals surface area contributed by atoms with E-state index in [2.05, 4.69) is 21.2 Å². The van der Waals surface area contributed by atoms with E-state index in [-0.39, 0.29) is 0 Å². The average molecular weight is 327 g/mol. The Morgan fingerprint density at radius 2 is 2.06 bits per heavy atom. The van der Waals surface area contributed by atoms with Gasteiger partial charge in [0.05, 0.1) is 12.8 Å². The fraction of sp³-hybridized carbons (Fsp3) is 0.143. The molecule has 2 rings (SSSR count). The summed E-state index contributed by atoms with van der Waals surface area (Å²) in [6.07, 6.45) is 0. The molecule has 0 aliphatic rings. The Morgan fingerprint density at radius 3 is 2.78 bits per heavy atom. The van der Waals surface area contributed by atoms with Crippen molar-refractivity contribution in [1.82, 2.24) is 0 Å². The van der Waals surface area contributed by atoms with E-state index in [4.69, 9.17) is 16.3 Å². The van der Waals surface area contributed by atoms with Crippen molar-refractivity contribution < 1.29 is 4.74 Å². The van der Waals surface area contributed by atoms with E-state index < -0.39 is 0 Å². The van der Waals surface area contributed by atoms with Crippen LogP contribution in [0.1, 0.15) is 5.56 Å². The minimum Gasteiger partial charge on any atom is -0.495 e. The number of halogens is 2. The molecule has 0 aromatic heterocycles. The van der Waals surface area contributed by atoms with Crippen LogP contribution in [-0.2, 0) is 6.54 Å². The fourth-order valence-corrected chi connectivity index (χ4v) is 2.24. The second-order valence-corrected chi connectivity index (χ2v) is 5.18. The highest BCUT2D eigenvalue weighted by molar-refractivity contribution is 9.10. The van der Waals surface area contributed by atoms with Crippen LogP contribution in [0.15, 0.2) is 46.9 Å². The van der Waals surface area contributed by atoms with Gasteiger partial charge in [0.2, 0.25) is 0 Å². The molecular weight excluding hydrogens is 314 g/mol. The van der Waals surface area contributed by atoms with Gasteiger partial charge in [0.25, 0.3) is 0 Å². The predicted octanol–water partition coefficient (Wildman–Crippen LogP) is 4.72. The maximum absolute atomic E-state index is 5.95. The first-order valence-electron chi connectivity index (χ1n) is 5.51. The summed E-state index contributed by atoms with van der Waals surface area (Å²) < 4.78 is 6.31. The molecular formula is C14H13BrClNO. The minimum atomic E-state index is 0.702. The molecule has 0 amide bonds. The maximum atomic E-state index is 5.95. The Labute approximate surface area is 120 Å². The quantitative estimate of drug-likeness (QED) is 0.877. The molecule has 0 aliphatic carbocycles. The summed E-state index contributed by atoms with van der Waals surface area (Å²) in [6, 6.07) is 13.6. The van der Waals surface area contributed by atoms with Gasteiger partial charge in [0, 0.05) is 16.0 Å². The zero-order chi connectivity index (χ0) is 13.0. The van der Waals surface area contributed by atoms with Crippen molar-refractivity contribution in [2.75, 3.05) is 12.4 Å². The molecule has 0 unspecified atom stereocenters. The topological polar surface area (TPSA) is 21.3 Å². The Bertz CT molecular complexity index is 545. The molecule has 2 aromatic carbocycles. The van der Waals surface area contributed by atoms with Gasteiger partial charge < -0.3 is 10.1 Å². The number of ether oxygens (including phenoxy) is 1. The Kier molecular flexibility index (Phi) is 4.50. The van der Waals surface area contributed by atoms with Gasteiger partial charge in [-0.05, 0) is 35.9 Å². The van der Waals surface area contributed by atoms with Gasteiger partial charge in [-0.2, -0.15) is 0 Å². The van der Waals surface area contributed by atoms with Crippen molar-refractivity contribution in [1.29, 1.82) is 0 Å². The first-order valence-corrected chi connectivity index (χ1v) is 6.68. The number of hydrogen-bond acceptors (Lipinski definition) is 2. The lowest BCUT2D eigenvalue weighted by molar-refractivity contribution is 0.416. The first kappa shape index (κ1) is 13.2. The highest BCUT2D eigenvalue weighted by Crippen LogP contribution is 2.28. The third kappa shape index (κ3) is 3.40. The molecule has 0 heterocycles. The Morgan fingerprint density at radius 1 is 1.22 bits per heavy atom. The maximum Gasteiger partial charge on any atom is 0.142 e. The third-order valence-corrected chi connectivity index (χ3v) is 3.26. The van der Waals surface area contributed by atoms with Crippen molar-refractivity contribution in [3.8, 4) is 5.75 Å². The first-order chi connectivity index (χ1) is 8.69. The molecule has 18 heavy (non-hydrogen) atoms. The molecule has 0 bridgehead atoms. The van der Waals surface area contributed by atoms with Gasteiger partial charge in [-0.3, -0.25) is 0 Å². The number of benzene rings is 2. The second-order valence-electron chi connectivity index (χ2n) is 3.83. The Hall–Kier alpha value is -1.19. The van der Waals surface area contributed by atoms with Crippen LogP contribution in [0.2, 0.25) is 5.02 Å². The molecule has 0 saturated heterocycles. The van der Waals surface area contributed by atoms with Gasteiger partial charge in [0.15, 0.2) is 0 Å². The van der Waals surface area contributed by atoms with E-state index in [9.17, 15) is 0 Å². The number of rotatable bonds is 4. The molecule has 0 saturated carbocycles. The largest absolute Gasteiger partial charge is 0.495 e. The average Bonchev–Trinajstić information content (AvgIpc) is 2.37. The molecule has 0 fully saturated rings. The lowest BCUT2D eigenvalue weighted by Crippen LogP contribution is -2.01. The summed E-state index contributed by atoms with van der Waals surface area (Å²) >= 11 is 9.40. The van der Waals surface area contributed by atoms with Crippen molar-refractivity contribution in [3.05, 3.63) is 57.5 Å². The molecule has 1 N–H and O–H groups in total. The van der Waals surface area contributed by atoms with Crippen LogP contribution < -0.4 is 10.1 Å². The van der Waals surface area contributed by atoms with Gasteiger partial charge in [0.1, 0.15) is 5.75 Å². The van der Waals surface area contributed by atoms with Crippen LogP contribution in [0, 0.1) is 0 Å². The van der Waals surface area contributed by atoms with Crippen LogP contribution in [0.5, 0.6) is 5.75 Å². The number of methoxy groups -OCH3 is 1. The number of anilines is 1. The smallest absolute Gasteiger partial charge is 0.142 e. The van der Waals surface area contributed by atoms with Crippen LogP contribution in [0.25, 0.3) is 0 Å². The third-order valence-electron chi connectivity index (χ3n) is 2.53. The lowest BCUT2D eigenvalue weighted by atomic mass is 10.2. The summed E-state index contributed by atoms with van der Waals surface area (Å²) in [5.41, 5.74) is 2.08. The van der Waals surface area contributed by atoms with E-state index in [1.807, 2.05) is 42.5 Å². The normalized spacial score (nSPS) is 10.2. The van der Waals surface area contributed by atoms with Crippen LogP contribution in [0.3, 0.4) is 0 Å². The monoisotopic (exact) mass is 325 g/mol. The summed E-state index contributed by atoms with van der Waals surface area (Å²) in [5, 5.41) is 4.08. The summed E-state index contributed by atoms with van der Waals surface area (Å²) in [5.74, 6) is 0.820. The van der Waals surface area contributed by atoms with Crippen LogP contribution in [-0.4, -0.2) is 7.11 Å². The second kappa shape index (κ2) is 6.12. The van der Waals surface area contributed by atoms with Crippen molar-refractivity contribution in [2.45, 2.75) is 6.54 Å². The number of hydrogen-bond donors (Lipinski definition) is 1. The molecule has 0 spiro atoms. The van der Waals surface area contributed by atoms with Crippen molar-refractivity contribution in [3.63, 3.8) is 0 Å². The van der Waals surface area contributed by atoms with Crippen molar-refractivity contribution in [2.24, 2.45) is 0 Å². The van der Waals surface area contributed by atoms with E-state index in [1.165, 1.54) is 0 Å². The SMILES string of the molecule is COc1ccc(Br)cc1NCc1cccc(Cl)c1. The zero-order valence-electron chi connectivity index (χ0n) is 9.91. The van der Waals surface area contributed by atoms with E-state index >= 15 is 0 Å². The van der Waals surface area contributed by atoms with Crippen LogP contribution in [0.4, 0.5) is 5.69 Å². The molecule has 94 valence electrons. The molecule has 2 aromatic rings. The van der Waals surface area contributed by atoms with E-state index in [0.717, 1.165) is 26.5 Å². The summed E-state index contributed by atoms with van der Waals surface area (Å²) in [7, 11) is 1.66. The van der Waals surface area contributed by atoms with Crippen molar-refractivity contribution >= 4 is 33.2 Å². The fourth-order valence-electron chi connectivity index (χ4n) is 1.66. The van der Waals surface area contributed by atoms with Gasteiger partial charge in [-0.25, -0.2) is 0 Å². The lowest BCUT2D eigenvalue weighted by Gasteiger charge is -2.11. The minimum absolute atomic E-state index is 0.702. The number of nitrogens with one attached hydrogen (secondary N) is 1. The molecule has 0 radical (unpaired) electrons.